The number of nitrogens with zero attached hydrogens (tertiary/aromatic N) is 1. The Balaban J connectivity index is 2.03. The van der Waals surface area contributed by atoms with Gasteiger partial charge in [-0.1, -0.05) is 27.7 Å². The Labute approximate surface area is 216 Å². The van der Waals surface area contributed by atoms with Crippen LogP contribution in [0.25, 0.3) is 0 Å². The van der Waals surface area contributed by atoms with Crippen LogP contribution >= 0.6 is 31.9 Å². The van der Waals surface area contributed by atoms with Gasteiger partial charge in [0.15, 0.2) is 11.6 Å². The molecule has 0 fully saturated rings. The summed E-state index contributed by atoms with van der Waals surface area (Å²) in [6, 6.07) is 3.80. The molecule has 2 aliphatic carbocycles. The second-order valence-electron chi connectivity index (χ2n) is 11.0. The summed E-state index contributed by atoms with van der Waals surface area (Å²) in [5, 5.41) is 9.77. The van der Waals surface area contributed by atoms with Crippen molar-refractivity contribution in [1.82, 2.24) is 4.90 Å². The largest absolute Gasteiger partial charge is 0.494 e. The lowest BCUT2D eigenvalue weighted by molar-refractivity contribution is -0.138. The summed E-state index contributed by atoms with van der Waals surface area (Å²) in [6.07, 6.45) is 1.84. The van der Waals surface area contributed by atoms with E-state index in [1.807, 2.05) is 39.8 Å². The van der Waals surface area contributed by atoms with Gasteiger partial charge in [0.1, 0.15) is 12.3 Å². The average Bonchev–Trinajstić information content (AvgIpc) is 2.66. The van der Waals surface area contributed by atoms with Crippen molar-refractivity contribution in [1.29, 1.82) is 0 Å². The molecule has 1 aromatic carbocycles. The Morgan fingerprint density at radius 2 is 1.41 bits per heavy atom. The number of allylic oxidation sites excluding steroid dienone is 4. The molecule has 3 aliphatic rings. The quantitative estimate of drug-likeness (QED) is 0.461. The van der Waals surface area contributed by atoms with Gasteiger partial charge in [0, 0.05) is 41.3 Å². The molecule has 0 bridgehead atoms. The number of hydrogen-bond donors (Lipinski definition) is 1. The SMILES string of the molecule is COc1c(Br)cc(C2C3=C(CC(C)(C)CC3=O)N(CC(=O)O)C3=C2C(=O)CC(C)(C)C3)cc1Br. The average molecular weight is 595 g/mol. The zero-order valence-electron chi connectivity index (χ0n) is 20.1. The molecule has 0 radical (unpaired) electrons. The first-order valence-electron chi connectivity index (χ1n) is 11.3. The number of benzene rings is 1. The lowest BCUT2D eigenvalue weighted by atomic mass is 9.63. The number of ether oxygens (including phenoxy) is 1. The number of ketones is 2. The first kappa shape index (κ1) is 25.2. The van der Waals surface area contributed by atoms with Crippen molar-refractivity contribution in [3.05, 3.63) is 49.2 Å². The topological polar surface area (TPSA) is 83.9 Å². The highest BCUT2D eigenvalue weighted by molar-refractivity contribution is 9.11. The number of Topliss-reactive ketones (excluding diaryl/α,β-unsaturated/α-hetero) is 2. The molecule has 6 nitrogen and oxygen atoms in total. The smallest absolute Gasteiger partial charge is 0.323 e. The second kappa shape index (κ2) is 8.63. The number of halogens is 2. The predicted molar refractivity (Wildman–Crippen MR) is 136 cm³/mol. The third-order valence-electron chi connectivity index (χ3n) is 6.87. The van der Waals surface area contributed by atoms with E-state index in [1.165, 1.54) is 0 Å². The molecule has 1 aromatic rings. The molecule has 0 saturated heterocycles. The van der Waals surface area contributed by atoms with Gasteiger partial charge in [-0.2, -0.15) is 0 Å². The van der Waals surface area contributed by atoms with Crippen LogP contribution in [0.3, 0.4) is 0 Å². The minimum Gasteiger partial charge on any atom is -0.494 e. The summed E-state index contributed by atoms with van der Waals surface area (Å²) >= 11 is 7.13. The maximum absolute atomic E-state index is 13.6. The maximum atomic E-state index is 13.6. The number of carboxylic acid groups (broad SMARTS) is 1. The fourth-order valence-corrected chi connectivity index (χ4v) is 7.19. The van der Waals surface area contributed by atoms with Crippen molar-refractivity contribution in [2.75, 3.05) is 13.7 Å². The Morgan fingerprint density at radius 3 is 1.79 bits per heavy atom. The van der Waals surface area contributed by atoms with Crippen LogP contribution in [-0.4, -0.2) is 41.2 Å². The highest BCUT2D eigenvalue weighted by atomic mass is 79.9. The molecule has 0 aromatic heterocycles. The summed E-state index contributed by atoms with van der Waals surface area (Å²) in [6.45, 7) is 7.85. The fourth-order valence-electron chi connectivity index (χ4n) is 5.65. The van der Waals surface area contributed by atoms with Gasteiger partial charge in [0.05, 0.1) is 16.1 Å². The van der Waals surface area contributed by atoms with Crippen molar-refractivity contribution >= 4 is 49.4 Å². The molecule has 182 valence electrons. The van der Waals surface area contributed by atoms with Gasteiger partial charge in [-0.05, 0) is 73.2 Å². The molecule has 1 N–H and O–H groups in total. The zero-order chi connectivity index (χ0) is 25.2. The van der Waals surface area contributed by atoms with E-state index in [2.05, 4.69) is 31.9 Å². The molecular weight excluding hydrogens is 566 g/mol. The minimum atomic E-state index is -0.987. The molecule has 0 atom stereocenters. The first-order valence-corrected chi connectivity index (χ1v) is 12.9. The standard InChI is InChI=1S/C26H29Br2NO5/c1-25(2)8-16-22(18(30)10-25)21(13-6-14(27)24(34-5)15(28)7-13)23-17(29(16)12-20(32)33)9-26(3,4)11-19(23)31/h6-7,21H,8-12H2,1-5H3,(H,32,33). The van der Waals surface area contributed by atoms with E-state index >= 15 is 0 Å². The number of methoxy groups -OCH3 is 1. The van der Waals surface area contributed by atoms with Gasteiger partial charge in [-0.25, -0.2) is 0 Å². The summed E-state index contributed by atoms with van der Waals surface area (Å²) in [7, 11) is 1.58. The highest BCUT2D eigenvalue weighted by Crippen LogP contribution is 2.55. The van der Waals surface area contributed by atoms with Crippen LogP contribution in [0.5, 0.6) is 5.75 Å². The molecule has 34 heavy (non-hydrogen) atoms. The van der Waals surface area contributed by atoms with Gasteiger partial charge < -0.3 is 14.7 Å². The third-order valence-corrected chi connectivity index (χ3v) is 8.05. The summed E-state index contributed by atoms with van der Waals surface area (Å²) in [5.41, 5.74) is 2.78. The first-order chi connectivity index (χ1) is 15.7. The van der Waals surface area contributed by atoms with Crippen LogP contribution in [0.1, 0.15) is 64.9 Å². The molecule has 0 saturated carbocycles. The molecule has 0 amide bonds. The van der Waals surface area contributed by atoms with Crippen molar-refractivity contribution in [3.8, 4) is 5.75 Å². The van der Waals surface area contributed by atoms with E-state index in [-0.39, 0.29) is 28.9 Å². The van der Waals surface area contributed by atoms with E-state index in [0.717, 1.165) is 17.0 Å². The minimum absolute atomic E-state index is 0.0288. The number of carbonyl (C=O) groups excluding carboxylic acids is 2. The van der Waals surface area contributed by atoms with Crippen molar-refractivity contribution in [3.63, 3.8) is 0 Å². The Hall–Kier alpha value is -1.93. The Morgan fingerprint density at radius 1 is 0.971 bits per heavy atom. The number of carbonyl (C=O) groups is 3. The van der Waals surface area contributed by atoms with Crippen molar-refractivity contribution < 1.29 is 24.2 Å². The Bertz CT molecular complexity index is 1100. The molecule has 4 rings (SSSR count). The molecule has 0 spiro atoms. The van der Waals surface area contributed by atoms with E-state index in [9.17, 15) is 19.5 Å². The van der Waals surface area contributed by atoms with Crippen molar-refractivity contribution in [2.45, 2.75) is 59.3 Å². The van der Waals surface area contributed by atoms with Crippen LogP contribution in [-0.2, 0) is 14.4 Å². The van der Waals surface area contributed by atoms with Crippen LogP contribution in [0, 0.1) is 10.8 Å². The second-order valence-corrected chi connectivity index (χ2v) is 12.7. The summed E-state index contributed by atoms with van der Waals surface area (Å²) in [5.74, 6) is -0.958. The molecule has 1 heterocycles. The van der Waals surface area contributed by atoms with Gasteiger partial charge in [0.2, 0.25) is 0 Å². The number of rotatable bonds is 4. The normalized spacial score (nSPS) is 22.0. The lowest BCUT2D eigenvalue weighted by Crippen LogP contribution is -2.45. The number of hydrogen-bond acceptors (Lipinski definition) is 5. The van der Waals surface area contributed by atoms with Crippen LogP contribution < -0.4 is 4.74 Å². The Kier molecular flexibility index (Phi) is 6.39. The molecular formula is C26H29Br2NO5. The third kappa shape index (κ3) is 4.39. The van der Waals surface area contributed by atoms with E-state index in [4.69, 9.17) is 4.74 Å². The van der Waals surface area contributed by atoms with Crippen molar-refractivity contribution in [2.24, 2.45) is 10.8 Å². The highest BCUT2D eigenvalue weighted by Gasteiger charge is 2.49. The predicted octanol–water partition coefficient (Wildman–Crippen LogP) is 5.99. The van der Waals surface area contributed by atoms with Crippen LogP contribution in [0.4, 0.5) is 0 Å². The molecule has 0 unspecified atom stereocenters. The zero-order valence-corrected chi connectivity index (χ0v) is 23.2. The number of carboxylic acids is 1. The van der Waals surface area contributed by atoms with Crippen LogP contribution in [0.2, 0.25) is 0 Å². The molecule has 8 heteroatoms. The van der Waals surface area contributed by atoms with Crippen LogP contribution in [0.15, 0.2) is 43.6 Å². The number of aliphatic carboxylic acids is 1. The summed E-state index contributed by atoms with van der Waals surface area (Å²) < 4.78 is 6.89. The van der Waals surface area contributed by atoms with Gasteiger partial charge in [-0.3, -0.25) is 14.4 Å². The van der Waals surface area contributed by atoms with E-state index in [1.54, 1.807) is 12.0 Å². The van der Waals surface area contributed by atoms with E-state index < -0.39 is 11.9 Å². The lowest BCUT2D eigenvalue weighted by Gasteiger charge is -2.48. The van der Waals surface area contributed by atoms with Gasteiger partial charge >= 0.3 is 5.97 Å². The maximum Gasteiger partial charge on any atom is 0.323 e. The fraction of sp³-hybridized carbons (Fsp3) is 0.500. The molecule has 1 aliphatic heterocycles. The van der Waals surface area contributed by atoms with E-state index in [0.29, 0.717) is 51.5 Å². The summed E-state index contributed by atoms with van der Waals surface area (Å²) in [4.78, 5) is 41.0. The van der Waals surface area contributed by atoms with Gasteiger partial charge in [-0.15, -0.1) is 0 Å². The monoisotopic (exact) mass is 593 g/mol. The van der Waals surface area contributed by atoms with Gasteiger partial charge in [0.25, 0.3) is 0 Å².